The number of aliphatic carboxylic acids is 1. The highest BCUT2D eigenvalue weighted by Crippen LogP contribution is 2.40. The van der Waals surface area contributed by atoms with Gasteiger partial charge >= 0.3 is 12.1 Å². The summed E-state index contributed by atoms with van der Waals surface area (Å²) in [5, 5.41) is 8.74. The lowest BCUT2D eigenvalue weighted by Gasteiger charge is -2.29. The van der Waals surface area contributed by atoms with Crippen LogP contribution in [0.25, 0.3) is 0 Å². The molecule has 8 heteroatoms. The summed E-state index contributed by atoms with van der Waals surface area (Å²) in [6, 6.07) is 1.21. The number of nitrogen functional groups attached to an aromatic ring is 1. The van der Waals surface area contributed by atoms with Crippen LogP contribution >= 0.6 is 0 Å². The number of hydrogen-bond donors (Lipinski definition) is 3. The first-order valence-electron chi connectivity index (χ1n) is 4.43. The van der Waals surface area contributed by atoms with Gasteiger partial charge in [-0.25, -0.2) is 9.78 Å². The second-order valence-corrected chi connectivity index (χ2v) is 3.50. The van der Waals surface area contributed by atoms with E-state index in [2.05, 4.69) is 4.98 Å². The summed E-state index contributed by atoms with van der Waals surface area (Å²) in [5.41, 5.74) is 6.00. The minimum absolute atomic E-state index is 0.0136. The predicted molar refractivity (Wildman–Crippen MR) is 52.9 cm³/mol. The Bertz CT molecular complexity index is 441. The predicted octanol–water partition coefficient (Wildman–Crippen LogP) is 0.773. The zero-order valence-electron chi connectivity index (χ0n) is 8.75. The van der Waals surface area contributed by atoms with Crippen molar-refractivity contribution in [2.45, 2.75) is 18.6 Å². The second-order valence-electron chi connectivity index (χ2n) is 3.50. The van der Waals surface area contributed by atoms with Gasteiger partial charge in [0.15, 0.2) is 0 Å². The fraction of sp³-hybridized carbons (Fsp3) is 0.333. The maximum Gasteiger partial charge on any atom is 0.421 e. The molecule has 0 aliphatic carbocycles. The number of carboxylic acid groups (broad SMARTS) is 1. The maximum absolute atomic E-state index is 12.8. The van der Waals surface area contributed by atoms with Gasteiger partial charge in [-0.3, -0.25) is 0 Å². The Morgan fingerprint density at radius 1 is 1.47 bits per heavy atom. The molecule has 0 aliphatic rings. The average molecular weight is 249 g/mol. The van der Waals surface area contributed by atoms with Crippen molar-refractivity contribution in [1.82, 2.24) is 4.98 Å². The minimum Gasteiger partial charge on any atom is -0.479 e. The molecule has 0 saturated heterocycles. The Balaban J connectivity index is 3.61. The van der Waals surface area contributed by atoms with Gasteiger partial charge in [-0.05, 0) is 18.6 Å². The molecule has 17 heavy (non-hydrogen) atoms. The van der Waals surface area contributed by atoms with E-state index in [0.717, 1.165) is 0 Å². The summed E-state index contributed by atoms with van der Waals surface area (Å²) in [5.74, 6) is -2.78. The smallest absolute Gasteiger partial charge is 0.421 e. The monoisotopic (exact) mass is 249 g/mol. The highest BCUT2D eigenvalue weighted by Gasteiger charge is 2.61. The van der Waals surface area contributed by atoms with Crippen LogP contribution in [-0.2, 0) is 10.3 Å². The van der Waals surface area contributed by atoms with E-state index in [1.807, 2.05) is 0 Å². The number of aryl methyl sites for hydroxylation is 1. The fourth-order valence-corrected chi connectivity index (χ4v) is 1.46. The highest BCUT2D eigenvalue weighted by molar-refractivity contribution is 5.84. The van der Waals surface area contributed by atoms with Crippen molar-refractivity contribution in [3.8, 4) is 0 Å². The molecule has 1 heterocycles. The molecule has 0 amide bonds. The SMILES string of the molecule is Cc1ccnc(N)c1C(N)(C(=O)O)C(F)(F)F. The number of pyridine rings is 1. The van der Waals surface area contributed by atoms with E-state index in [-0.39, 0.29) is 5.56 Å². The Morgan fingerprint density at radius 2 is 2.00 bits per heavy atom. The third-order valence-electron chi connectivity index (χ3n) is 2.37. The number of carboxylic acids is 1. The normalized spacial score (nSPS) is 15.4. The molecule has 0 radical (unpaired) electrons. The van der Waals surface area contributed by atoms with Gasteiger partial charge in [-0.1, -0.05) is 0 Å². The van der Waals surface area contributed by atoms with Gasteiger partial charge < -0.3 is 16.6 Å². The minimum atomic E-state index is -5.18. The molecule has 1 aromatic heterocycles. The molecular formula is C9H10F3N3O2. The zero-order valence-corrected chi connectivity index (χ0v) is 8.75. The Kier molecular flexibility index (Phi) is 3.02. The van der Waals surface area contributed by atoms with Crippen molar-refractivity contribution in [2.75, 3.05) is 5.73 Å². The molecule has 5 nitrogen and oxygen atoms in total. The van der Waals surface area contributed by atoms with Gasteiger partial charge in [-0.15, -0.1) is 0 Å². The molecule has 0 bridgehead atoms. The van der Waals surface area contributed by atoms with Crippen LogP contribution in [0.3, 0.4) is 0 Å². The number of nitrogens with two attached hydrogens (primary N) is 2. The van der Waals surface area contributed by atoms with Gasteiger partial charge in [0, 0.05) is 11.8 Å². The van der Waals surface area contributed by atoms with Gasteiger partial charge in [-0.2, -0.15) is 13.2 Å². The van der Waals surface area contributed by atoms with Crippen LogP contribution in [0.1, 0.15) is 11.1 Å². The molecule has 94 valence electrons. The van der Waals surface area contributed by atoms with Gasteiger partial charge in [0.1, 0.15) is 5.82 Å². The molecule has 0 aromatic carbocycles. The first kappa shape index (κ1) is 13.2. The van der Waals surface area contributed by atoms with Crippen molar-refractivity contribution >= 4 is 11.8 Å². The van der Waals surface area contributed by atoms with Crippen LogP contribution in [-0.4, -0.2) is 22.2 Å². The molecule has 0 spiro atoms. The first-order valence-corrected chi connectivity index (χ1v) is 4.43. The zero-order chi connectivity index (χ0) is 13.4. The van der Waals surface area contributed by atoms with E-state index in [1.165, 1.54) is 19.2 Å². The second kappa shape index (κ2) is 3.88. The van der Waals surface area contributed by atoms with E-state index in [9.17, 15) is 18.0 Å². The molecule has 0 fully saturated rings. The third kappa shape index (κ3) is 1.91. The number of hydrogen-bond acceptors (Lipinski definition) is 4. The maximum atomic E-state index is 12.8. The number of aromatic nitrogens is 1. The summed E-state index contributed by atoms with van der Waals surface area (Å²) < 4.78 is 38.4. The molecule has 1 rings (SSSR count). The van der Waals surface area contributed by atoms with Crippen molar-refractivity contribution < 1.29 is 23.1 Å². The van der Waals surface area contributed by atoms with Gasteiger partial charge in [0.2, 0.25) is 5.54 Å². The molecule has 0 aliphatic heterocycles. The molecule has 5 N–H and O–H groups in total. The van der Waals surface area contributed by atoms with Crippen LogP contribution in [0.2, 0.25) is 0 Å². The Morgan fingerprint density at radius 3 is 2.35 bits per heavy atom. The first-order chi connectivity index (χ1) is 7.62. The largest absolute Gasteiger partial charge is 0.479 e. The van der Waals surface area contributed by atoms with E-state index < -0.39 is 29.1 Å². The van der Waals surface area contributed by atoms with Crippen molar-refractivity contribution in [1.29, 1.82) is 0 Å². The quantitative estimate of drug-likeness (QED) is 0.718. The number of alkyl halides is 3. The standard InChI is InChI=1S/C9H10F3N3O2/c1-4-2-3-15-6(13)5(4)8(14,7(16)17)9(10,11)12/h2-3H,14H2,1H3,(H2,13,15)(H,16,17). The van der Waals surface area contributed by atoms with Gasteiger partial charge in [0.25, 0.3) is 0 Å². The third-order valence-corrected chi connectivity index (χ3v) is 2.37. The fourth-order valence-electron chi connectivity index (χ4n) is 1.46. The number of rotatable bonds is 2. The van der Waals surface area contributed by atoms with E-state index in [1.54, 1.807) is 0 Å². The van der Waals surface area contributed by atoms with Crippen LogP contribution in [0.4, 0.5) is 19.0 Å². The van der Waals surface area contributed by atoms with E-state index in [4.69, 9.17) is 16.6 Å². The van der Waals surface area contributed by atoms with Crippen LogP contribution < -0.4 is 11.5 Å². The summed E-state index contributed by atoms with van der Waals surface area (Å²) in [6.45, 7) is 1.28. The van der Waals surface area contributed by atoms with E-state index in [0.29, 0.717) is 0 Å². The Labute approximate surface area is 94.2 Å². The lowest BCUT2D eigenvalue weighted by atomic mass is 9.87. The molecule has 1 unspecified atom stereocenters. The number of anilines is 1. The summed E-state index contributed by atoms with van der Waals surface area (Å²) in [4.78, 5) is 14.3. The molecule has 0 saturated carbocycles. The number of carbonyl (C=O) groups is 1. The number of halogens is 3. The van der Waals surface area contributed by atoms with Gasteiger partial charge in [0.05, 0.1) is 0 Å². The van der Waals surface area contributed by atoms with Crippen molar-refractivity contribution in [3.63, 3.8) is 0 Å². The Hall–Kier alpha value is -1.83. The molecule has 1 atom stereocenters. The van der Waals surface area contributed by atoms with Crippen LogP contribution in [0.15, 0.2) is 12.3 Å². The van der Waals surface area contributed by atoms with Crippen LogP contribution in [0.5, 0.6) is 0 Å². The van der Waals surface area contributed by atoms with Crippen LogP contribution in [0, 0.1) is 6.92 Å². The van der Waals surface area contributed by atoms with Crippen molar-refractivity contribution in [2.24, 2.45) is 5.73 Å². The highest BCUT2D eigenvalue weighted by atomic mass is 19.4. The summed E-state index contributed by atoms with van der Waals surface area (Å²) in [6.07, 6.45) is -4.01. The summed E-state index contributed by atoms with van der Waals surface area (Å²) in [7, 11) is 0. The average Bonchev–Trinajstić information content (AvgIpc) is 2.14. The lowest BCUT2D eigenvalue weighted by Crippen LogP contribution is -2.57. The number of nitrogens with zero attached hydrogens (tertiary/aromatic N) is 1. The topological polar surface area (TPSA) is 102 Å². The lowest BCUT2D eigenvalue weighted by molar-refractivity contribution is -0.204. The molecular weight excluding hydrogens is 239 g/mol. The van der Waals surface area contributed by atoms with Crippen molar-refractivity contribution in [3.05, 3.63) is 23.4 Å². The summed E-state index contributed by atoms with van der Waals surface area (Å²) >= 11 is 0. The molecule has 1 aromatic rings. The van der Waals surface area contributed by atoms with E-state index >= 15 is 0 Å².